The van der Waals surface area contributed by atoms with E-state index in [1.165, 1.54) is 28.9 Å². The number of rotatable bonds is 8. The summed E-state index contributed by atoms with van der Waals surface area (Å²) >= 11 is 1.80. The van der Waals surface area contributed by atoms with E-state index in [0.717, 1.165) is 38.2 Å². The second kappa shape index (κ2) is 11.2. The lowest BCUT2D eigenvalue weighted by atomic mass is 10.1. The van der Waals surface area contributed by atoms with E-state index in [0.29, 0.717) is 0 Å². The fourth-order valence-corrected chi connectivity index (χ4v) is 3.46. The Kier molecular flexibility index (Phi) is 10.1. The van der Waals surface area contributed by atoms with Crippen LogP contribution in [0.2, 0.25) is 0 Å². The minimum atomic E-state index is 0. The van der Waals surface area contributed by atoms with Crippen molar-refractivity contribution in [1.29, 1.82) is 0 Å². The predicted molar refractivity (Wildman–Crippen MR) is 117 cm³/mol. The second-order valence-corrected chi connectivity index (χ2v) is 6.88. The lowest BCUT2D eigenvalue weighted by Gasteiger charge is -2.21. The van der Waals surface area contributed by atoms with Crippen LogP contribution in [0.3, 0.4) is 0 Å². The summed E-state index contributed by atoms with van der Waals surface area (Å²) < 4.78 is 0. The summed E-state index contributed by atoms with van der Waals surface area (Å²) in [5.74, 6) is 0.879. The first kappa shape index (κ1) is 21.6. The zero-order valence-corrected chi connectivity index (χ0v) is 18.4. The monoisotopic (exact) mass is 462 g/mol. The largest absolute Gasteiger partial charge is 0.355 e. The number of nitrogens with zero attached hydrogens (tertiary/aromatic N) is 2. The number of likely N-dealkylation sites (N-methyl/N-ethyl adjacent to an activating group) is 1. The van der Waals surface area contributed by atoms with Crippen molar-refractivity contribution in [3.63, 3.8) is 0 Å². The van der Waals surface area contributed by atoms with Crippen LogP contribution in [0.25, 0.3) is 0 Å². The smallest absolute Gasteiger partial charge is 0.191 e. The first-order valence-electron chi connectivity index (χ1n) is 8.50. The first-order valence-corrected chi connectivity index (χ1v) is 9.72. The van der Waals surface area contributed by atoms with Gasteiger partial charge in [0.25, 0.3) is 0 Å². The highest BCUT2D eigenvalue weighted by atomic mass is 127. The number of aliphatic imine (C=N–C) groups is 1. The summed E-state index contributed by atoms with van der Waals surface area (Å²) in [6.45, 7) is 8.34. The molecule has 0 bridgehead atoms. The van der Waals surface area contributed by atoms with Crippen LogP contribution in [0.1, 0.15) is 30.9 Å². The van der Waals surface area contributed by atoms with Crippen molar-refractivity contribution < 1.29 is 0 Å². The highest BCUT2D eigenvalue weighted by Gasteiger charge is 2.27. The molecular formula is C18H31IN4S. The standard InChI is InChI=1S/C18H30N4S.HI/c1-5-22(16-8-9-16)11-10-20-18(19-3)21-13-15-7-6-14(2)12-17(15)23-4;/h6-7,12,16H,5,8-11,13H2,1-4H3,(H2,19,20,21);1H. The van der Waals surface area contributed by atoms with E-state index in [4.69, 9.17) is 0 Å². The summed E-state index contributed by atoms with van der Waals surface area (Å²) in [6, 6.07) is 7.44. The summed E-state index contributed by atoms with van der Waals surface area (Å²) in [6.07, 6.45) is 4.86. The van der Waals surface area contributed by atoms with Gasteiger partial charge in [-0.1, -0.05) is 19.1 Å². The average molecular weight is 462 g/mol. The molecule has 24 heavy (non-hydrogen) atoms. The molecule has 0 atom stereocenters. The fourth-order valence-electron chi connectivity index (χ4n) is 2.75. The average Bonchev–Trinajstić information content (AvgIpc) is 3.40. The second-order valence-electron chi connectivity index (χ2n) is 6.03. The number of nitrogens with one attached hydrogen (secondary N) is 2. The molecule has 0 radical (unpaired) electrons. The molecule has 2 rings (SSSR count). The lowest BCUT2D eigenvalue weighted by molar-refractivity contribution is 0.282. The zero-order chi connectivity index (χ0) is 16.7. The lowest BCUT2D eigenvalue weighted by Crippen LogP contribution is -2.41. The van der Waals surface area contributed by atoms with Gasteiger partial charge in [0.2, 0.25) is 0 Å². The normalized spacial score (nSPS) is 14.5. The van der Waals surface area contributed by atoms with Gasteiger partial charge in [-0.2, -0.15) is 0 Å². The van der Waals surface area contributed by atoms with Crippen LogP contribution in [0, 0.1) is 6.92 Å². The molecule has 1 aromatic carbocycles. The van der Waals surface area contributed by atoms with E-state index >= 15 is 0 Å². The number of thioether (sulfide) groups is 1. The molecule has 0 spiro atoms. The molecular weight excluding hydrogens is 431 g/mol. The van der Waals surface area contributed by atoms with Gasteiger partial charge in [-0.15, -0.1) is 35.7 Å². The molecule has 6 heteroatoms. The van der Waals surface area contributed by atoms with E-state index < -0.39 is 0 Å². The molecule has 0 heterocycles. The number of guanidine groups is 1. The van der Waals surface area contributed by atoms with Gasteiger partial charge >= 0.3 is 0 Å². The molecule has 0 aliphatic heterocycles. The summed E-state index contributed by atoms with van der Waals surface area (Å²) in [4.78, 5) is 8.21. The maximum absolute atomic E-state index is 4.33. The third-order valence-corrected chi connectivity index (χ3v) is 5.09. The van der Waals surface area contributed by atoms with Gasteiger partial charge in [0, 0.05) is 37.6 Å². The number of hydrogen-bond acceptors (Lipinski definition) is 3. The molecule has 0 amide bonds. The maximum atomic E-state index is 4.33. The fraction of sp³-hybridized carbons (Fsp3) is 0.611. The quantitative estimate of drug-likeness (QED) is 0.269. The van der Waals surface area contributed by atoms with Crippen molar-refractivity contribution in [2.45, 2.75) is 44.2 Å². The third kappa shape index (κ3) is 6.80. The molecule has 0 aromatic heterocycles. The van der Waals surface area contributed by atoms with Gasteiger partial charge in [-0.25, -0.2) is 0 Å². The van der Waals surface area contributed by atoms with E-state index in [9.17, 15) is 0 Å². The van der Waals surface area contributed by atoms with Crippen LogP contribution in [0.4, 0.5) is 0 Å². The Hall–Kier alpha value is -0.470. The molecule has 1 aliphatic rings. The van der Waals surface area contributed by atoms with Crippen molar-refractivity contribution in [1.82, 2.24) is 15.5 Å². The summed E-state index contributed by atoms with van der Waals surface area (Å²) in [5.41, 5.74) is 2.62. The van der Waals surface area contributed by atoms with Crippen LogP contribution in [-0.4, -0.2) is 49.8 Å². The first-order chi connectivity index (χ1) is 11.2. The molecule has 0 saturated heterocycles. The minimum Gasteiger partial charge on any atom is -0.355 e. The van der Waals surface area contributed by atoms with E-state index in [1.807, 2.05) is 7.05 Å². The summed E-state index contributed by atoms with van der Waals surface area (Å²) in [5, 5.41) is 6.85. The number of aryl methyl sites for hydroxylation is 1. The topological polar surface area (TPSA) is 39.7 Å². The van der Waals surface area contributed by atoms with Gasteiger partial charge in [0.1, 0.15) is 0 Å². The van der Waals surface area contributed by atoms with Crippen LogP contribution in [0.5, 0.6) is 0 Å². The van der Waals surface area contributed by atoms with Crippen molar-refractivity contribution in [3.05, 3.63) is 29.3 Å². The van der Waals surface area contributed by atoms with Crippen molar-refractivity contribution in [2.24, 2.45) is 4.99 Å². The molecule has 4 nitrogen and oxygen atoms in total. The van der Waals surface area contributed by atoms with Gasteiger partial charge < -0.3 is 10.6 Å². The van der Waals surface area contributed by atoms with Crippen LogP contribution in [-0.2, 0) is 6.54 Å². The Balaban J connectivity index is 0.00000288. The van der Waals surface area contributed by atoms with Crippen LogP contribution in [0.15, 0.2) is 28.1 Å². The van der Waals surface area contributed by atoms with Gasteiger partial charge in [-0.05, 0) is 49.8 Å². The van der Waals surface area contributed by atoms with Crippen molar-refractivity contribution >= 4 is 41.7 Å². The predicted octanol–water partition coefficient (Wildman–Crippen LogP) is 3.48. The third-order valence-electron chi connectivity index (χ3n) is 4.27. The highest BCUT2D eigenvalue weighted by Crippen LogP contribution is 2.25. The number of benzene rings is 1. The Morgan fingerprint density at radius 1 is 1.33 bits per heavy atom. The van der Waals surface area contributed by atoms with Crippen LogP contribution < -0.4 is 10.6 Å². The molecule has 136 valence electrons. The zero-order valence-electron chi connectivity index (χ0n) is 15.3. The minimum absolute atomic E-state index is 0. The molecule has 1 aromatic rings. The molecule has 2 N–H and O–H groups in total. The van der Waals surface area contributed by atoms with Crippen molar-refractivity contribution in [3.8, 4) is 0 Å². The van der Waals surface area contributed by atoms with E-state index in [-0.39, 0.29) is 24.0 Å². The Labute approximate surface area is 168 Å². The summed E-state index contributed by atoms with van der Waals surface area (Å²) in [7, 11) is 1.83. The maximum Gasteiger partial charge on any atom is 0.191 e. The Morgan fingerprint density at radius 3 is 2.67 bits per heavy atom. The Morgan fingerprint density at radius 2 is 2.08 bits per heavy atom. The molecule has 1 fully saturated rings. The van der Waals surface area contributed by atoms with Gasteiger partial charge in [0.05, 0.1) is 0 Å². The number of hydrogen-bond donors (Lipinski definition) is 2. The Bertz CT molecular complexity index is 532. The molecule has 0 unspecified atom stereocenters. The van der Waals surface area contributed by atoms with Gasteiger partial charge in [-0.3, -0.25) is 9.89 Å². The number of halogens is 1. The van der Waals surface area contributed by atoms with Crippen LogP contribution >= 0.6 is 35.7 Å². The SMILES string of the molecule is CCN(CCNC(=NC)NCc1ccc(C)cc1SC)C1CC1.I. The van der Waals surface area contributed by atoms with Crippen molar-refractivity contribution in [2.75, 3.05) is 32.9 Å². The molecule has 1 aliphatic carbocycles. The van der Waals surface area contributed by atoms with E-state index in [1.54, 1.807) is 11.8 Å². The van der Waals surface area contributed by atoms with Gasteiger partial charge in [0.15, 0.2) is 5.96 Å². The highest BCUT2D eigenvalue weighted by molar-refractivity contribution is 14.0. The molecule has 1 saturated carbocycles. The van der Waals surface area contributed by atoms with E-state index in [2.05, 4.69) is 58.8 Å².